The fourth-order valence-electron chi connectivity index (χ4n) is 2.68. The molecule has 5 nitrogen and oxygen atoms in total. The van der Waals surface area contributed by atoms with E-state index in [1.807, 2.05) is 13.0 Å². The molecule has 2 aromatic carbocycles. The molecule has 0 aliphatic heterocycles. The van der Waals surface area contributed by atoms with Gasteiger partial charge in [-0.25, -0.2) is 0 Å². The minimum Gasteiger partial charge on any atom is -0.496 e. The summed E-state index contributed by atoms with van der Waals surface area (Å²) in [4.78, 5) is 26.0. The van der Waals surface area contributed by atoms with Gasteiger partial charge in [0.1, 0.15) is 23.0 Å². The maximum Gasteiger partial charge on any atom is 0.321 e. The highest BCUT2D eigenvalue weighted by Crippen LogP contribution is 2.34. The summed E-state index contributed by atoms with van der Waals surface area (Å²) in [6.07, 6.45) is 1.65. The third kappa shape index (κ3) is 4.42. The van der Waals surface area contributed by atoms with Crippen LogP contribution in [0.3, 0.4) is 0 Å². The average Bonchev–Trinajstić information content (AvgIpc) is 2.68. The number of carbonyl (C=O) groups excluding carboxylic acids is 2. The molecule has 2 rings (SSSR count). The molecule has 0 heterocycles. The minimum atomic E-state index is -1.07. The molecule has 1 unspecified atom stereocenters. The fraction of sp³-hybridized carbons (Fsp3) is 0.333. The second kappa shape index (κ2) is 9.61. The number of ketones is 1. The van der Waals surface area contributed by atoms with Gasteiger partial charge in [0.15, 0.2) is 5.78 Å². The van der Waals surface area contributed by atoms with E-state index in [-0.39, 0.29) is 12.2 Å². The zero-order valence-electron chi connectivity index (χ0n) is 15.4. The number of rotatable bonds is 9. The second-order valence-corrected chi connectivity index (χ2v) is 5.77. The summed E-state index contributed by atoms with van der Waals surface area (Å²) >= 11 is 0. The molecule has 0 amide bonds. The Morgan fingerprint density at radius 2 is 1.54 bits per heavy atom. The summed E-state index contributed by atoms with van der Waals surface area (Å²) < 4.78 is 16.0. The highest BCUT2D eigenvalue weighted by molar-refractivity contribution is 6.15. The second-order valence-electron chi connectivity index (χ2n) is 5.77. The van der Waals surface area contributed by atoms with Gasteiger partial charge in [-0.1, -0.05) is 49.7 Å². The summed E-state index contributed by atoms with van der Waals surface area (Å²) in [5, 5.41) is 0. The molecular formula is C21H24O5. The van der Waals surface area contributed by atoms with Gasteiger partial charge in [0, 0.05) is 0 Å². The van der Waals surface area contributed by atoms with Gasteiger partial charge < -0.3 is 14.2 Å². The first-order valence-corrected chi connectivity index (χ1v) is 8.60. The van der Waals surface area contributed by atoms with E-state index < -0.39 is 17.7 Å². The molecule has 0 fully saturated rings. The lowest BCUT2D eigenvalue weighted by molar-refractivity contribution is -0.144. The standard InChI is InChI=1S/C21H24O5/c1-4-5-14-26-21(23)18(15-10-7-6-8-11-15)20(22)19-16(24-2)12-9-13-17(19)25-3/h6-13,18H,4-5,14H2,1-3H3. The lowest BCUT2D eigenvalue weighted by atomic mass is 9.89. The SMILES string of the molecule is CCCCOC(=O)C(C(=O)c1c(OC)cccc1OC)c1ccccc1. The number of benzene rings is 2. The Morgan fingerprint density at radius 3 is 2.08 bits per heavy atom. The monoisotopic (exact) mass is 356 g/mol. The molecule has 1 atom stereocenters. The van der Waals surface area contributed by atoms with Crippen LogP contribution in [0.4, 0.5) is 0 Å². The summed E-state index contributed by atoms with van der Waals surface area (Å²) in [6, 6.07) is 13.9. The molecule has 0 spiro atoms. The Labute approximate surface area is 153 Å². The molecular weight excluding hydrogens is 332 g/mol. The number of esters is 1. The predicted octanol–water partition coefficient (Wildman–Crippen LogP) is 4.01. The number of hydrogen-bond acceptors (Lipinski definition) is 5. The normalized spacial score (nSPS) is 11.5. The molecule has 0 saturated heterocycles. The first kappa shape index (κ1) is 19.5. The van der Waals surface area contributed by atoms with Crippen molar-refractivity contribution in [2.45, 2.75) is 25.7 Å². The lowest BCUT2D eigenvalue weighted by Crippen LogP contribution is -2.25. The Hall–Kier alpha value is -2.82. The molecule has 0 radical (unpaired) electrons. The van der Waals surface area contributed by atoms with E-state index >= 15 is 0 Å². The molecule has 138 valence electrons. The Kier molecular flexibility index (Phi) is 7.21. The summed E-state index contributed by atoms with van der Waals surface area (Å²) in [5.74, 6) is -1.33. The minimum absolute atomic E-state index is 0.235. The first-order chi connectivity index (χ1) is 12.6. The van der Waals surface area contributed by atoms with Crippen molar-refractivity contribution in [3.05, 3.63) is 59.7 Å². The van der Waals surface area contributed by atoms with Crippen LogP contribution < -0.4 is 9.47 Å². The lowest BCUT2D eigenvalue weighted by Gasteiger charge is -2.18. The van der Waals surface area contributed by atoms with Crippen molar-refractivity contribution in [1.29, 1.82) is 0 Å². The fourth-order valence-corrected chi connectivity index (χ4v) is 2.68. The van der Waals surface area contributed by atoms with Crippen LogP contribution in [0.25, 0.3) is 0 Å². The van der Waals surface area contributed by atoms with Gasteiger partial charge in [0.2, 0.25) is 0 Å². The van der Waals surface area contributed by atoms with Crippen LogP contribution >= 0.6 is 0 Å². The van der Waals surface area contributed by atoms with Gasteiger partial charge in [-0.2, -0.15) is 0 Å². The number of hydrogen-bond donors (Lipinski definition) is 0. The zero-order chi connectivity index (χ0) is 18.9. The van der Waals surface area contributed by atoms with E-state index in [0.29, 0.717) is 17.1 Å². The van der Waals surface area contributed by atoms with Crippen LogP contribution in [-0.2, 0) is 9.53 Å². The number of unbranched alkanes of at least 4 members (excludes halogenated alkanes) is 1. The largest absolute Gasteiger partial charge is 0.496 e. The van der Waals surface area contributed by atoms with Crippen LogP contribution in [0.2, 0.25) is 0 Å². The van der Waals surface area contributed by atoms with E-state index in [4.69, 9.17) is 14.2 Å². The average molecular weight is 356 g/mol. The van der Waals surface area contributed by atoms with Crippen molar-refractivity contribution in [2.75, 3.05) is 20.8 Å². The van der Waals surface area contributed by atoms with E-state index in [0.717, 1.165) is 12.8 Å². The maximum atomic E-state index is 13.3. The van der Waals surface area contributed by atoms with Crippen molar-refractivity contribution in [1.82, 2.24) is 0 Å². The van der Waals surface area contributed by atoms with Crippen LogP contribution in [0.1, 0.15) is 41.6 Å². The van der Waals surface area contributed by atoms with E-state index in [1.165, 1.54) is 14.2 Å². The van der Waals surface area contributed by atoms with E-state index in [2.05, 4.69) is 0 Å². The summed E-state index contributed by atoms with van der Waals surface area (Å²) in [5.41, 5.74) is 0.811. The van der Waals surface area contributed by atoms with Gasteiger partial charge in [-0.05, 0) is 24.1 Å². The van der Waals surface area contributed by atoms with Gasteiger partial charge in [-0.3, -0.25) is 9.59 Å². The Balaban J connectivity index is 2.46. The van der Waals surface area contributed by atoms with Gasteiger partial charge in [0.05, 0.1) is 20.8 Å². The molecule has 2 aromatic rings. The van der Waals surface area contributed by atoms with Crippen molar-refractivity contribution < 1.29 is 23.8 Å². The zero-order valence-corrected chi connectivity index (χ0v) is 15.4. The maximum absolute atomic E-state index is 13.3. The van der Waals surface area contributed by atoms with Crippen LogP contribution in [-0.4, -0.2) is 32.6 Å². The number of carbonyl (C=O) groups is 2. The molecule has 26 heavy (non-hydrogen) atoms. The quantitative estimate of drug-likeness (QED) is 0.294. The first-order valence-electron chi connectivity index (χ1n) is 8.60. The van der Waals surface area contributed by atoms with Gasteiger partial charge in [-0.15, -0.1) is 0 Å². The van der Waals surface area contributed by atoms with Crippen LogP contribution in [0.5, 0.6) is 11.5 Å². The summed E-state index contributed by atoms with van der Waals surface area (Å²) in [6.45, 7) is 2.29. The van der Waals surface area contributed by atoms with E-state index in [1.54, 1.807) is 42.5 Å². The molecule has 5 heteroatoms. The smallest absolute Gasteiger partial charge is 0.321 e. The molecule has 0 aromatic heterocycles. The molecule has 0 N–H and O–H groups in total. The van der Waals surface area contributed by atoms with Crippen LogP contribution in [0, 0.1) is 0 Å². The molecule has 0 saturated carbocycles. The van der Waals surface area contributed by atoms with Crippen molar-refractivity contribution in [2.24, 2.45) is 0 Å². The number of Topliss-reactive ketones (excluding diaryl/α,β-unsaturated/α-hetero) is 1. The van der Waals surface area contributed by atoms with Crippen LogP contribution in [0.15, 0.2) is 48.5 Å². The Bertz CT molecular complexity index is 717. The molecule has 0 aliphatic rings. The topological polar surface area (TPSA) is 61.8 Å². The van der Waals surface area contributed by atoms with Gasteiger partial charge in [0.25, 0.3) is 0 Å². The van der Waals surface area contributed by atoms with E-state index in [9.17, 15) is 9.59 Å². The number of ether oxygens (including phenoxy) is 3. The molecule has 0 bridgehead atoms. The number of methoxy groups -OCH3 is 2. The summed E-state index contributed by atoms with van der Waals surface area (Å²) in [7, 11) is 2.95. The third-order valence-electron chi connectivity index (χ3n) is 4.05. The predicted molar refractivity (Wildman–Crippen MR) is 98.9 cm³/mol. The van der Waals surface area contributed by atoms with Gasteiger partial charge >= 0.3 is 5.97 Å². The molecule has 0 aliphatic carbocycles. The van der Waals surface area contributed by atoms with Crippen molar-refractivity contribution >= 4 is 11.8 Å². The Morgan fingerprint density at radius 1 is 0.923 bits per heavy atom. The highest BCUT2D eigenvalue weighted by Gasteiger charge is 2.34. The van der Waals surface area contributed by atoms with Crippen molar-refractivity contribution in [3.63, 3.8) is 0 Å². The highest BCUT2D eigenvalue weighted by atomic mass is 16.5. The third-order valence-corrected chi connectivity index (χ3v) is 4.05. The van der Waals surface area contributed by atoms with Crippen molar-refractivity contribution in [3.8, 4) is 11.5 Å².